The molecule has 1 N–H and O–H groups in total. The molecule has 104 valence electrons. The third kappa shape index (κ3) is 8.58. The summed E-state index contributed by atoms with van der Waals surface area (Å²) in [5, 5.41) is 3.59. The van der Waals surface area contributed by atoms with Gasteiger partial charge in [0.15, 0.2) is 0 Å². The molecule has 0 radical (unpaired) electrons. The molecule has 0 aliphatic carbocycles. The van der Waals surface area contributed by atoms with E-state index in [0.29, 0.717) is 12.1 Å². The monoisotopic (exact) mass is 243 g/mol. The number of likely N-dealkylation sites (N-methyl/N-ethyl adjacent to an activating group) is 1. The molecule has 0 aromatic heterocycles. The van der Waals surface area contributed by atoms with Crippen LogP contribution in [-0.4, -0.2) is 62.2 Å². The van der Waals surface area contributed by atoms with E-state index >= 15 is 0 Å². The van der Waals surface area contributed by atoms with Crippen LogP contribution in [0.15, 0.2) is 0 Å². The fraction of sp³-hybridized carbons (Fsp3) is 1.00. The van der Waals surface area contributed by atoms with Gasteiger partial charge in [0.25, 0.3) is 0 Å². The highest BCUT2D eigenvalue weighted by Gasteiger charge is 2.12. The molecule has 0 rings (SSSR count). The quantitative estimate of drug-likeness (QED) is 0.633. The third-order valence-corrected chi connectivity index (χ3v) is 3.45. The van der Waals surface area contributed by atoms with E-state index < -0.39 is 0 Å². The van der Waals surface area contributed by atoms with Crippen LogP contribution < -0.4 is 5.32 Å². The Morgan fingerprint density at radius 1 is 1.06 bits per heavy atom. The van der Waals surface area contributed by atoms with Gasteiger partial charge in [-0.2, -0.15) is 0 Å². The van der Waals surface area contributed by atoms with E-state index in [4.69, 9.17) is 0 Å². The van der Waals surface area contributed by atoms with Crippen molar-refractivity contribution in [2.45, 2.75) is 52.6 Å². The summed E-state index contributed by atoms with van der Waals surface area (Å²) in [7, 11) is 4.29. The molecule has 0 aromatic rings. The van der Waals surface area contributed by atoms with Crippen molar-refractivity contribution < 1.29 is 0 Å². The average Bonchev–Trinajstić information content (AvgIpc) is 2.30. The number of rotatable bonds is 10. The van der Waals surface area contributed by atoms with Gasteiger partial charge in [0, 0.05) is 18.6 Å². The molecule has 2 atom stereocenters. The first-order chi connectivity index (χ1) is 8.01. The van der Waals surface area contributed by atoms with E-state index in [9.17, 15) is 0 Å². The van der Waals surface area contributed by atoms with Gasteiger partial charge in [-0.05, 0) is 60.4 Å². The summed E-state index contributed by atoms with van der Waals surface area (Å²) in [5.74, 6) is 0. The van der Waals surface area contributed by atoms with Gasteiger partial charge >= 0.3 is 0 Å². The number of hydrogen-bond donors (Lipinski definition) is 1. The van der Waals surface area contributed by atoms with Gasteiger partial charge in [0.05, 0.1) is 0 Å². The summed E-state index contributed by atoms with van der Waals surface area (Å²) in [6, 6.07) is 1.27. The Bertz CT molecular complexity index is 171. The molecule has 0 aromatic carbocycles. The Morgan fingerprint density at radius 3 is 2.18 bits per heavy atom. The average molecular weight is 243 g/mol. The van der Waals surface area contributed by atoms with Crippen LogP contribution in [0.5, 0.6) is 0 Å². The van der Waals surface area contributed by atoms with Crippen LogP contribution in [0, 0.1) is 0 Å². The maximum atomic E-state index is 3.59. The Morgan fingerprint density at radius 2 is 1.71 bits per heavy atom. The van der Waals surface area contributed by atoms with E-state index in [-0.39, 0.29) is 0 Å². The minimum atomic E-state index is 0.635. The normalized spacial score (nSPS) is 15.5. The third-order valence-electron chi connectivity index (χ3n) is 3.45. The van der Waals surface area contributed by atoms with E-state index in [1.54, 1.807) is 0 Å². The Hall–Kier alpha value is -0.120. The summed E-state index contributed by atoms with van der Waals surface area (Å²) in [6.45, 7) is 13.7. The van der Waals surface area contributed by atoms with E-state index in [2.05, 4.69) is 56.9 Å². The van der Waals surface area contributed by atoms with Gasteiger partial charge in [0.2, 0.25) is 0 Å². The molecule has 2 unspecified atom stereocenters. The van der Waals surface area contributed by atoms with Crippen molar-refractivity contribution in [3.8, 4) is 0 Å². The lowest BCUT2D eigenvalue weighted by molar-refractivity contribution is 0.200. The summed E-state index contributed by atoms with van der Waals surface area (Å²) in [4.78, 5) is 4.83. The smallest absolute Gasteiger partial charge is 0.0192 e. The lowest BCUT2D eigenvalue weighted by Crippen LogP contribution is -2.43. The molecule has 3 heteroatoms. The predicted molar refractivity (Wildman–Crippen MR) is 77.6 cm³/mol. The van der Waals surface area contributed by atoms with Crippen LogP contribution in [-0.2, 0) is 0 Å². The lowest BCUT2D eigenvalue weighted by Gasteiger charge is -2.29. The molecule has 0 heterocycles. The first-order valence-corrected chi connectivity index (χ1v) is 7.13. The second-order valence-corrected chi connectivity index (χ2v) is 5.35. The zero-order chi connectivity index (χ0) is 13.3. The van der Waals surface area contributed by atoms with Crippen LogP contribution in [0.25, 0.3) is 0 Å². The second-order valence-electron chi connectivity index (χ2n) is 5.35. The molecule has 0 spiro atoms. The van der Waals surface area contributed by atoms with Gasteiger partial charge < -0.3 is 10.2 Å². The first kappa shape index (κ1) is 16.9. The molecule has 0 amide bonds. The summed E-state index contributed by atoms with van der Waals surface area (Å²) < 4.78 is 0. The highest BCUT2D eigenvalue weighted by Crippen LogP contribution is 2.01. The number of hydrogen-bond acceptors (Lipinski definition) is 3. The number of nitrogens with one attached hydrogen (secondary N) is 1. The van der Waals surface area contributed by atoms with Crippen LogP contribution in [0.1, 0.15) is 40.5 Å². The van der Waals surface area contributed by atoms with Crippen LogP contribution in [0.4, 0.5) is 0 Å². The highest BCUT2D eigenvalue weighted by atomic mass is 15.2. The molecule has 0 fully saturated rings. The fourth-order valence-corrected chi connectivity index (χ4v) is 1.93. The summed E-state index contributed by atoms with van der Waals surface area (Å²) in [5.41, 5.74) is 0. The summed E-state index contributed by atoms with van der Waals surface area (Å²) in [6.07, 6.45) is 2.47. The molecule has 17 heavy (non-hydrogen) atoms. The minimum Gasteiger partial charge on any atom is -0.313 e. The van der Waals surface area contributed by atoms with Crippen LogP contribution in [0.2, 0.25) is 0 Å². The largest absolute Gasteiger partial charge is 0.313 e. The van der Waals surface area contributed by atoms with Gasteiger partial charge in [-0.25, -0.2) is 0 Å². The zero-order valence-electron chi connectivity index (χ0n) is 12.8. The van der Waals surface area contributed by atoms with Crippen molar-refractivity contribution in [3.63, 3.8) is 0 Å². The van der Waals surface area contributed by atoms with Crippen molar-refractivity contribution in [2.75, 3.05) is 40.3 Å². The maximum Gasteiger partial charge on any atom is 0.0192 e. The van der Waals surface area contributed by atoms with Gasteiger partial charge in [-0.3, -0.25) is 4.90 Å². The molecule has 0 bridgehead atoms. The molecule has 0 aliphatic rings. The molecular weight excluding hydrogens is 210 g/mol. The fourth-order valence-electron chi connectivity index (χ4n) is 1.93. The minimum absolute atomic E-state index is 0.635. The predicted octanol–water partition coefficient (Wildman–Crippen LogP) is 2.04. The highest BCUT2D eigenvalue weighted by molar-refractivity contribution is 4.71. The molecule has 0 saturated heterocycles. The molecule has 0 aliphatic heterocycles. The van der Waals surface area contributed by atoms with Crippen molar-refractivity contribution in [3.05, 3.63) is 0 Å². The Kier molecular flexibility index (Phi) is 9.79. The Balaban J connectivity index is 3.82. The van der Waals surface area contributed by atoms with Gasteiger partial charge in [0.1, 0.15) is 0 Å². The van der Waals surface area contributed by atoms with Crippen molar-refractivity contribution in [2.24, 2.45) is 0 Å². The second kappa shape index (κ2) is 9.86. The number of nitrogens with zero attached hydrogens (tertiary/aromatic N) is 2. The first-order valence-electron chi connectivity index (χ1n) is 7.13. The van der Waals surface area contributed by atoms with E-state index in [0.717, 1.165) is 13.1 Å². The van der Waals surface area contributed by atoms with Gasteiger partial charge in [-0.1, -0.05) is 13.8 Å². The van der Waals surface area contributed by atoms with Crippen molar-refractivity contribution >= 4 is 0 Å². The van der Waals surface area contributed by atoms with E-state index in [1.807, 2.05) is 0 Å². The molecular formula is C14H33N3. The standard InChI is InChI=1S/C14H33N3/c1-7-13(3)15-12-14(4)17(8-2)11-9-10-16(5)6/h13-15H,7-12H2,1-6H3. The van der Waals surface area contributed by atoms with E-state index in [1.165, 1.54) is 25.9 Å². The van der Waals surface area contributed by atoms with Crippen molar-refractivity contribution in [1.82, 2.24) is 15.1 Å². The SMILES string of the molecule is CCC(C)NCC(C)N(CC)CCCN(C)C. The van der Waals surface area contributed by atoms with Crippen LogP contribution >= 0.6 is 0 Å². The van der Waals surface area contributed by atoms with Crippen LogP contribution in [0.3, 0.4) is 0 Å². The van der Waals surface area contributed by atoms with Gasteiger partial charge in [-0.15, -0.1) is 0 Å². The molecule has 3 nitrogen and oxygen atoms in total. The van der Waals surface area contributed by atoms with Crippen molar-refractivity contribution in [1.29, 1.82) is 0 Å². The maximum absolute atomic E-state index is 3.59. The molecule has 0 saturated carbocycles. The lowest BCUT2D eigenvalue weighted by atomic mass is 10.2. The summed E-state index contributed by atoms with van der Waals surface area (Å²) >= 11 is 0. The zero-order valence-corrected chi connectivity index (χ0v) is 12.8. The Labute approximate surface area is 109 Å². The topological polar surface area (TPSA) is 18.5 Å².